The maximum atomic E-state index is 5.50. The molecule has 0 aliphatic carbocycles. The number of methoxy groups -OCH3 is 1. The lowest BCUT2D eigenvalue weighted by Gasteiger charge is -2.40. The minimum absolute atomic E-state index is 0.00481. The Hall–Kier alpha value is -0.120. The lowest BCUT2D eigenvalue weighted by molar-refractivity contribution is 0.000661. The van der Waals surface area contributed by atoms with Crippen molar-refractivity contribution in [2.75, 3.05) is 26.7 Å². The van der Waals surface area contributed by atoms with Crippen LogP contribution in [0.3, 0.4) is 0 Å². The van der Waals surface area contributed by atoms with Crippen LogP contribution < -0.4 is 5.32 Å². The standard InChI is InChI=1S/C14H30N2O/c1-6-7-13-11-16(12(2)10-15-13)9-8-14(3,4)17-5/h12-13,15H,6-11H2,1-5H3. The summed E-state index contributed by atoms with van der Waals surface area (Å²) in [5.74, 6) is 0. The van der Waals surface area contributed by atoms with E-state index in [1.807, 2.05) is 0 Å². The SMILES string of the molecule is CCCC1CN(CCC(C)(C)OC)C(C)CN1. The molecule has 1 rings (SSSR count). The molecule has 1 aliphatic heterocycles. The van der Waals surface area contributed by atoms with Crippen LogP contribution >= 0.6 is 0 Å². The van der Waals surface area contributed by atoms with Crippen LogP contribution in [-0.2, 0) is 4.74 Å². The molecule has 17 heavy (non-hydrogen) atoms. The van der Waals surface area contributed by atoms with Crippen molar-refractivity contribution in [2.45, 2.75) is 64.6 Å². The monoisotopic (exact) mass is 242 g/mol. The van der Waals surface area contributed by atoms with Gasteiger partial charge < -0.3 is 10.1 Å². The van der Waals surface area contributed by atoms with Gasteiger partial charge in [0.25, 0.3) is 0 Å². The molecular formula is C14H30N2O. The lowest BCUT2D eigenvalue weighted by atomic mass is 10.0. The van der Waals surface area contributed by atoms with Crippen LogP contribution in [0, 0.1) is 0 Å². The van der Waals surface area contributed by atoms with Gasteiger partial charge in [0.15, 0.2) is 0 Å². The molecule has 0 aromatic carbocycles. The molecule has 1 saturated heterocycles. The predicted molar refractivity (Wildman–Crippen MR) is 73.4 cm³/mol. The van der Waals surface area contributed by atoms with E-state index in [4.69, 9.17) is 4.74 Å². The van der Waals surface area contributed by atoms with E-state index >= 15 is 0 Å². The van der Waals surface area contributed by atoms with Crippen molar-refractivity contribution in [2.24, 2.45) is 0 Å². The second kappa shape index (κ2) is 6.72. The van der Waals surface area contributed by atoms with E-state index in [0.717, 1.165) is 19.5 Å². The van der Waals surface area contributed by atoms with Gasteiger partial charge in [-0.2, -0.15) is 0 Å². The molecule has 0 aromatic rings. The van der Waals surface area contributed by atoms with Gasteiger partial charge in [0.1, 0.15) is 0 Å². The van der Waals surface area contributed by atoms with Gasteiger partial charge in [-0.25, -0.2) is 0 Å². The van der Waals surface area contributed by atoms with E-state index in [9.17, 15) is 0 Å². The first-order chi connectivity index (χ1) is 7.98. The molecule has 0 amide bonds. The Morgan fingerprint density at radius 1 is 1.41 bits per heavy atom. The van der Waals surface area contributed by atoms with Crippen LogP contribution in [0.25, 0.3) is 0 Å². The first kappa shape index (κ1) is 14.9. The smallest absolute Gasteiger partial charge is 0.0634 e. The number of hydrogen-bond donors (Lipinski definition) is 1. The molecule has 0 spiro atoms. The van der Waals surface area contributed by atoms with Gasteiger partial charge in [-0.05, 0) is 33.6 Å². The van der Waals surface area contributed by atoms with Crippen molar-refractivity contribution >= 4 is 0 Å². The highest BCUT2D eigenvalue weighted by Gasteiger charge is 2.26. The topological polar surface area (TPSA) is 24.5 Å². The summed E-state index contributed by atoms with van der Waals surface area (Å²) < 4.78 is 5.50. The van der Waals surface area contributed by atoms with Crippen molar-refractivity contribution in [1.29, 1.82) is 0 Å². The number of nitrogens with zero attached hydrogens (tertiary/aromatic N) is 1. The summed E-state index contributed by atoms with van der Waals surface area (Å²) in [7, 11) is 1.81. The summed E-state index contributed by atoms with van der Waals surface area (Å²) in [5, 5.41) is 3.64. The van der Waals surface area contributed by atoms with Gasteiger partial charge in [-0.1, -0.05) is 13.3 Å². The van der Waals surface area contributed by atoms with Gasteiger partial charge >= 0.3 is 0 Å². The Kier molecular flexibility index (Phi) is 5.90. The summed E-state index contributed by atoms with van der Waals surface area (Å²) >= 11 is 0. The maximum Gasteiger partial charge on any atom is 0.0634 e. The minimum Gasteiger partial charge on any atom is -0.379 e. The molecule has 3 heteroatoms. The molecule has 0 aromatic heterocycles. The third-order valence-corrected chi connectivity index (χ3v) is 3.97. The third-order valence-electron chi connectivity index (χ3n) is 3.97. The van der Waals surface area contributed by atoms with Crippen LogP contribution in [0.1, 0.15) is 47.0 Å². The summed E-state index contributed by atoms with van der Waals surface area (Å²) in [6.45, 7) is 12.4. The molecule has 3 nitrogen and oxygen atoms in total. The van der Waals surface area contributed by atoms with E-state index in [0.29, 0.717) is 12.1 Å². The lowest BCUT2D eigenvalue weighted by Crippen LogP contribution is -2.56. The second-order valence-electron chi connectivity index (χ2n) is 5.95. The van der Waals surface area contributed by atoms with Crippen LogP contribution in [0.4, 0.5) is 0 Å². The van der Waals surface area contributed by atoms with E-state index < -0.39 is 0 Å². The fourth-order valence-electron chi connectivity index (χ4n) is 2.36. The summed E-state index contributed by atoms with van der Waals surface area (Å²) in [6, 6.07) is 1.33. The number of ether oxygens (including phenoxy) is 1. The largest absolute Gasteiger partial charge is 0.379 e. The Labute approximate surface area is 107 Å². The van der Waals surface area contributed by atoms with Crippen LogP contribution in [-0.4, -0.2) is 49.3 Å². The van der Waals surface area contributed by atoms with Gasteiger partial charge in [-0.15, -0.1) is 0 Å². The van der Waals surface area contributed by atoms with Crippen LogP contribution in [0.15, 0.2) is 0 Å². The van der Waals surface area contributed by atoms with Crippen LogP contribution in [0.5, 0.6) is 0 Å². The average Bonchev–Trinajstić information content (AvgIpc) is 2.30. The number of nitrogens with one attached hydrogen (secondary N) is 1. The average molecular weight is 242 g/mol. The number of rotatable bonds is 6. The molecule has 2 atom stereocenters. The number of piperazine rings is 1. The number of hydrogen-bond acceptors (Lipinski definition) is 3. The van der Waals surface area contributed by atoms with E-state index in [1.165, 1.54) is 19.4 Å². The molecular weight excluding hydrogens is 212 g/mol. The second-order valence-corrected chi connectivity index (χ2v) is 5.95. The van der Waals surface area contributed by atoms with Crippen molar-refractivity contribution in [3.8, 4) is 0 Å². The molecule has 1 fully saturated rings. The highest BCUT2D eigenvalue weighted by Crippen LogP contribution is 2.17. The molecule has 0 bridgehead atoms. The Morgan fingerprint density at radius 3 is 2.71 bits per heavy atom. The van der Waals surface area contributed by atoms with Crippen molar-refractivity contribution in [3.05, 3.63) is 0 Å². The molecule has 2 unspecified atom stereocenters. The normalized spacial score (nSPS) is 27.4. The van der Waals surface area contributed by atoms with Gasteiger partial charge in [0.2, 0.25) is 0 Å². The van der Waals surface area contributed by atoms with Gasteiger partial charge in [0, 0.05) is 38.8 Å². The van der Waals surface area contributed by atoms with E-state index in [2.05, 4.69) is 37.9 Å². The highest BCUT2D eigenvalue weighted by atomic mass is 16.5. The zero-order valence-corrected chi connectivity index (χ0v) is 12.3. The van der Waals surface area contributed by atoms with Crippen molar-refractivity contribution < 1.29 is 4.74 Å². The molecule has 102 valence electrons. The quantitative estimate of drug-likeness (QED) is 0.773. The zero-order valence-electron chi connectivity index (χ0n) is 12.3. The summed E-state index contributed by atoms with van der Waals surface area (Å²) in [5.41, 5.74) is 0.00481. The molecule has 0 saturated carbocycles. The Balaban J connectivity index is 2.39. The van der Waals surface area contributed by atoms with Crippen LogP contribution in [0.2, 0.25) is 0 Å². The first-order valence-electron chi connectivity index (χ1n) is 7.01. The van der Waals surface area contributed by atoms with Gasteiger partial charge in [-0.3, -0.25) is 4.90 Å². The fourth-order valence-corrected chi connectivity index (χ4v) is 2.36. The highest BCUT2D eigenvalue weighted by molar-refractivity contribution is 4.84. The Bertz CT molecular complexity index is 218. The van der Waals surface area contributed by atoms with Crippen molar-refractivity contribution in [3.63, 3.8) is 0 Å². The molecule has 0 radical (unpaired) electrons. The van der Waals surface area contributed by atoms with E-state index in [-0.39, 0.29) is 5.60 Å². The summed E-state index contributed by atoms with van der Waals surface area (Å²) in [4.78, 5) is 2.61. The Morgan fingerprint density at radius 2 is 2.12 bits per heavy atom. The molecule has 1 heterocycles. The predicted octanol–water partition coefficient (Wildman–Crippen LogP) is 2.26. The first-order valence-corrected chi connectivity index (χ1v) is 7.01. The summed E-state index contributed by atoms with van der Waals surface area (Å²) in [6.07, 6.45) is 3.66. The fraction of sp³-hybridized carbons (Fsp3) is 1.00. The van der Waals surface area contributed by atoms with E-state index in [1.54, 1.807) is 7.11 Å². The zero-order chi connectivity index (χ0) is 12.9. The molecule has 1 aliphatic rings. The molecule has 1 N–H and O–H groups in total. The third kappa shape index (κ3) is 4.94. The minimum atomic E-state index is 0.00481. The maximum absolute atomic E-state index is 5.50. The van der Waals surface area contributed by atoms with Crippen molar-refractivity contribution in [1.82, 2.24) is 10.2 Å². The van der Waals surface area contributed by atoms with Gasteiger partial charge in [0.05, 0.1) is 5.60 Å².